The molecule has 96 valence electrons. The van der Waals surface area contributed by atoms with Gasteiger partial charge in [0.1, 0.15) is 11.6 Å². The molecular formula is C14H21FO2. The number of benzene rings is 1. The molecule has 0 bridgehead atoms. The third kappa shape index (κ3) is 4.35. The normalized spacial score (nSPS) is 14.4. The van der Waals surface area contributed by atoms with E-state index in [1.807, 2.05) is 0 Å². The van der Waals surface area contributed by atoms with Gasteiger partial charge in [0.2, 0.25) is 0 Å². The van der Waals surface area contributed by atoms with Crippen molar-refractivity contribution in [2.45, 2.75) is 39.7 Å². The summed E-state index contributed by atoms with van der Waals surface area (Å²) < 4.78 is 18.7. The van der Waals surface area contributed by atoms with Gasteiger partial charge in [0, 0.05) is 5.56 Å². The minimum absolute atomic E-state index is 0.352. The van der Waals surface area contributed by atoms with Gasteiger partial charge in [-0.25, -0.2) is 4.39 Å². The summed E-state index contributed by atoms with van der Waals surface area (Å²) in [4.78, 5) is 0. The Balaban J connectivity index is 2.70. The molecule has 0 saturated carbocycles. The van der Waals surface area contributed by atoms with Crippen LogP contribution in [0.1, 0.15) is 45.3 Å². The molecular weight excluding hydrogens is 219 g/mol. The topological polar surface area (TPSA) is 29.5 Å². The molecule has 0 amide bonds. The summed E-state index contributed by atoms with van der Waals surface area (Å²) in [5, 5.41) is 9.55. The second kappa shape index (κ2) is 6.60. The van der Waals surface area contributed by atoms with E-state index in [4.69, 9.17) is 4.74 Å². The molecule has 0 aromatic heterocycles. The quantitative estimate of drug-likeness (QED) is 0.821. The van der Waals surface area contributed by atoms with Crippen molar-refractivity contribution in [1.29, 1.82) is 0 Å². The van der Waals surface area contributed by atoms with Crippen LogP contribution in [0, 0.1) is 11.7 Å². The fraction of sp³-hybridized carbons (Fsp3) is 0.571. The van der Waals surface area contributed by atoms with Crippen molar-refractivity contribution in [3.63, 3.8) is 0 Å². The molecule has 1 aromatic rings. The van der Waals surface area contributed by atoms with E-state index in [0.717, 1.165) is 12.8 Å². The van der Waals surface area contributed by atoms with Crippen LogP contribution in [-0.4, -0.2) is 11.7 Å². The first kappa shape index (κ1) is 14.0. The van der Waals surface area contributed by atoms with Crippen LogP contribution in [0.3, 0.4) is 0 Å². The smallest absolute Gasteiger partial charge is 0.125 e. The molecule has 3 heteroatoms. The lowest BCUT2D eigenvalue weighted by atomic mass is 10.1. The largest absolute Gasteiger partial charge is 0.493 e. The van der Waals surface area contributed by atoms with Crippen LogP contribution < -0.4 is 4.74 Å². The number of halogens is 1. The van der Waals surface area contributed by atoms with Crippen LogP contribution in [0.4, 0.5) is 4.39 Å². The first-order valence-electron chi connectivity index (χ1n) is 6.14. The number of ether oxygens (including phenoxy) is 1. The molecule has 17 heavy (non-hydrogen) atoms. The van der Waals surface area contributed by atoms with E-state index in [-0.39, 0.29) is 5.82 Å². The molecule has 0 spiro atoms. The van der Waals surface area contributed by atoms with Crippen LogP contribution >= 0.6 is 0 Å². The Bertz CT molecular complexity index is 350. The van der Waals surface area contributed by atoms with Crippen molar-refractivity contribution in [3.05, 3.63) is 29.6 Å². The Hall–Kier alpha value is -1.09. The molecule has 1 N–H and O–H groups in total. The Morgan fingerprint density at radius 2 is 2.06 bits per heavy atom. The molecule has 0 fully saturated rings. The van der Waals surface area contributed by atoms with E-state index < -0.39 is 6.10 Å². The molecule has 0 heterocycles. The van der Waals surface area contributed by atoms with E-state index in [1.165, 1.54) is 12.1 Å². The molecule has 0 radical (unpaired) electrons. The van der Waals surface area contributed by atoms with Gasteiger partial charge in [0.15, 0.2) is 0 Å². The average Bonchev–Trinajstić information content (AvgIpc) is 2.27. The highest BCUT2D eigenvalue weighted by Gasteiger charge is 2.11. The summed E-state index contributed by atoms with van der Waals surface area (Å²) in [7, 11) is 0. The lowest BCUT2D eigenvalue weighted by Gasteiger charge is -2.16. The van der Waals surface area contributed by atoms with E-state index in [0.29, 0.717) is 23.8 Å². The molecule has 2 atom stereocenters. The van der Waals surface area contributed by atoms with Crippen molar-refractivity contribution < 1.29 is 14.2 Å². The van der Waals surface area contributed by atoms with Gasteiger partial charge in [-0.05, 0) is 37.5 Å². The van der Waals surface area contributed by atoms with Crippen molar-refractivity contribution >= 4 is 0 Å². The summed E-state index contributed by atoms with van der Waals surface area (Å²) in [6.07, 6.45) is 1.50. The Kier molecular flexibility index (Phi) is 5.42. The Morgan fingerprint density at radius 1 is 1.35 bits per heavy atom. The molecule has 0 aliphatic carbocycles. The average molecular weight is 240 g/mol. The fourth-order valence-electron chi connectivity index (χ4n) is 1.79. The zero-order valence-electron chi connectivity index (χ0n) is 10.7. The predicted octanol–water partition coefficient (Wildman–Crippen LogP) is 3.69. The van der Waals surface area contributed by atoms with Crippen molar-refractivity contribution in [3.8, 4) is 5.75 Å². The maximum atomic E-state index is 13.1. The van der Waals surface area contributed by atoms with Gasteiger partial charge in [-0.3, -0.25) is 0 Å². The highest BCUT2D eigenvalue weighted by Crippen LogP contribution is 2.26. The highest BCUT2D eigenvalue weighted by molar-refractivity contribution is 5.35. The number of hydrogen-bond donors (Lipinski definition) is 1. The van der Waals surface area contributed by atoms with Crippen molar-refractivity contribution in [2.75, 3.05) is 6.61 Å². The van der Waals surface area contributed by atoms with Gasteiger partial charge in [0.25, 0.3) is 0 Å². The number of hydrogen-bond acceptors (Lipinski definition) is 2. The maximum absolute atomic E-state index is 13.1. The number of rotatable bonds is 6. The van der Waals surface area contributed by atoms with E-state index in [2.05, 4.69) is 13.8 Å². The Morgan fingerprint density at radius 3 is 2.65 bits per heavy atom. The van der Waals surface area contributed by atoms with E-state index in [1.54, 1.807) is 13.0 Å². The van der Waals surface area contributed by atoms with Gasteiger partial charge >= 0.3 is 0 Å². The summed E-state index contributed by atoms with van der Waals surface area (Å²) in [6, 6.07) is 4.26. The Labute approximate surface area is 102 Å². The third-order valence-corrected chi connectivity index (χ3v) is 2.73. The standard InChI is InChI=1S/C14H21FO2/c1-4-5-10(2)9-17-14-7-6-12(15)8-13(14)11(3)16/h6-8,10-11,16H,4-5,9H2,1-3H3/t10?,11-/m1/s1. The van der Waals surface area contributed by atoms with Gasteiger partial charge in [-0.2, -0.15) is 0 Å². The second-order valence-electron chi connectivity index (χ2n) is 4.56. The molecule has 0 aliphatic rings. The second-order valence-corrected chi connectivity index (χ2v) is 4.56. The lowest BCUT2D eigenvalue weighted by molar-refractivity contribution is 0.185. The molecule has 1 unspecified atom stereocenters. The molecule has 0 aliphatic heterocycles. The van der Waals surface area contributed by atoms with E-state index in [9.17, 15) is 9.50 Å². The zero-order valence-corrected chi connectivity index (χ0v) is 10.7. The number of aliphatic hydroxyl groups excluding tert-OH is 1. The summed E-state index contributed by atoms with van der Waals surface area (Å²) in [5.41, 5.74) is 0.508. The van der Waals surface area contributed by atoms with Gasteiger partial charge in [0.05, 0.1) is 12.7 Å². The van der Waals surface area contributed by atoms with Gasteiger partial charge in [-0.15, -0.1) is 0 Å². The number of aliphatic hydroxyl groups is 1. The summed E-state index contributed by atoms with van der Waals surface area (Å²) in [6.45, 7) is 6.46. The van der Waals surface area contributed by atoms with Gasteiger partial charge < -0.3 is 9.84 Å². The van der Waals surface area contributed by atoms with E-state index >= 15 is 0 Å². The van der Waals surface area contributed by atoms with Crippen LogP contribution in [0.25, 0.3) is 0 Å². The maximum Gasteiger partial charge on any atom is 0.125 e. The van der Waals surface area contributed by atoms with Crippen LogP contribution in [0.5, 0.6) is 5.75 Å². The first-order chi connectivity index (χ1) is 8.04. The first-order valence-corrected chi connectivity index (χ1v) is 6.14. The predicted molar refractivity (Wildman–Crippen MR) is 66.6 cm³/mol. The fourth-order valence-corrected chi connectivity index (χ4v) is 1.79. The van der Waals surface area contributed by atoms with Gasteiger partial charge in [-0.1, -0.05) is 20.3 Å². The van der Waals surface area contributed by atoms with Crippen LogP contribution in [-0.2, 0) is 0 Å². The monoisotopic (exact) mass is 240 g/mol. The molecule has 1 rings (SSSR count). The molecule has 2 nitrogen and oxygen atoms in total. The SMILES string of the molecule is CCCC(C)COc1ccc(F)cc1[C@@H](C)O. The molecule has 0 saturated heterocycles. The van der Waals surface area contributed by atoms with Crippen LogP contribution in [0.2, 0.25) is 0 Å². The van der Waals surface area contributed by atoms with Crippen molar-refractivity contribution in [2.24, 2.45) is 5.92 Å². The summed E-state index contributed by atoms with van der Waals surface area (Å²) >= 11 is 0. The zero-order chi connectivity index (χ0) is 12.8. The lowest BCUT2D eigenvalue weighted by Crippen LogP contribution is -2.10. The van der Waals surface area contributed by atoms with Crippen LogP contribution in [0.15, 0.2) is 18.2 Å². The summed E-state index contributed by atoms with van der Waals surface area (Å²) in [5.74, 6) is 0.686. The minimum Gasteiger partial charge on any atom is -0.493 e. The molecule has 1 aromatic carbocycles. The minimum atomic E-state index is -0.720. The third-order valence-electron chi connectivity index (χ3n) is 2.73. The highest BCUT2D eigenvalue weighted by atomic mass is 19.1. The van der Waals surface area contributed by atoms with Crippen molar-refractivity contribution in [1.82, 2.24) is 0 Å².